The summed E-state index contributed by atoms with van der Waals surface area (Å²) in [5, 5.41) is 7.80. The zero-order chi connectivity index (χ0) is 11.4. The number of nitrogens with one attached hydrogen (secondary N) is 1. The second-order valence-electron chi connectivity index (χ2n) is 4.44. The van der Waals surface area contributed by atoms with Gasteiger partial charge in [-0.2, -0.15) is 5.10 Å². The van der Waals surface area contributed by atoms with E-state index in [9.17, 15) is 0 Å². The van der Waals surface area contributed by atoms with E-state index in [2.05, 4.69) is 42.4 Å². The Balaban J connectivity index is 2.40. The first-order valence-corrected chi connectivity index (χ1v) is 5.36. The number of aryl methyl sites for hydroxylation is 2. The highest BCUT2D eigenvalue weighted by Gasteiger charge is 2.05. The standard InChI is InChI=1S/C11H22N4/c1-9-6-11(15(5)13-9)7-12-10(2)8-14(3)4/h6,10,12H,7-8H2,1-5H3. The lowest BCUT2D eigenvalue weighted by molar-refractivity contribution is 0.347. The number of hydrogen-bond donors (Lipinski definition) is 1. The van der Waals surface area contributed by atoms with Crippen molar-refractivity contribution in [2.75, 3.05) is 20.6 Å². The number of rotatable bonds is 5. The Kier molecular flexibility index (Phi) is 4.29. The summed E-state index contributed by atoms with van der Waals surface area (Å²) in [5.41, 5.74) is 2.31. The van der Waals surface area contributed by atoms with Crippen molar-refractivity contribution >= 4 is 0 Å². The Morgan fingerprint density at radius 2 is 2.20 bits per heavy atom. The second-order valence-corrected chi connectivity index (χ2v) is 4.44. The molecule has 0 bridgehead atoms. The van der Waals surface area contributed by atoms with Crippen LogP contribution in [0.5, 0.6) is 0 Å². The lowest BCUT2D eigenvalue weighted by Gasteiger charge is -2.18. The molecule has 1 atom stereocenters. The third-order valence-electron chi connectivity index (χ3n) is 2.37. The predicted molar refractivity (Wildman–Crippen MR) is 62.8 cm³/mol. The third kappa shape index (κ3) is 4.01. The Morgan fingerprint density at radius 1 is 1.53 bits per heavy atom. The summed E-state index contributed by atoms with van der Waals surface area (Å²) >= 11 is 0. The quantitative estimate of drug-likeness (QED) is 0.779. The first-order chi connectivity index (χ1) is 6.99. The van der Waals surface area contributed by atoms with E-state index in [0.29, 0.717) is 6.04 Å². The Hall–Kier alpha value is -0.870. The Morgan fingerprint density at radius 3 is 2.67 bits per heavy atom. The maximum atomic E-state index is 4.32. The molecule has 86 valence electrons. The molecule has 0 fully saturated rings. The highest BCUT2D eigenvalue weighted by atomic mass is 15.3. The highest BCUT2D eigenvalue weighted by Crippen LogP contribution is 2.01. The fraction of sp³-hybridized carbons (Fsp3) is 0.727. The fourth-order valence-electron chi connectivity index (χ4n) is 1.72. The number of aromatic nitrogens is 2. The predicted octanol–water partition coefficient (Wildman–Crippen LogP) is 0.768. The number of hydrogen-bond acceptors (Lipinski definition) is 3. The van der Waals surface area contributed by atoms with E-state index in [1.54, 1.807) is 0 Å². The number of likely N-dealkylation sites (N-methyl/N-ethyl adjacent to an activating group) is 1. The van der Waals surface area contributed by atoms with Crippen molar-refractivity contribution in [1.29, 1.82) is 0 Å². The fourth-order valence-corrected chi connectivity index (χ4v) is 1.72. The normalized spacial score (nSPS) is 13.5. The van der Waals surface area contributed by atoms with Crippen LogP contribution in [0.25, 0.3) is 0 Å². The van der Waals surface area contributed by atoms with E-state index in [4.69, 9.17) is 0 Å². The molecule has 0 saturated heterocycles. The molecule has 0 aliphatic carbocycles. The van der Waals surface area contributed by atoms with E-state index in [0.717, 1.165) is 18.8 Å². The van der Waals surface area contributed by atoms with Crippen molar-refractivity contribution in [3.05, 3.63) is 17.5 Å². The van der Waals surface area contributed by atoms with Gasteiger partial charge >= 0.3 is 0 Å². The first kappa shape index (κ1) is 12.2. The van der Waals surface area contributed by atoms with E-state index in [1.807, 2.05) is 18.7 Å². The molecule has 0 spiro atoms. The molecule has 0 aromatic carbocycles. The molecule has 1 aromatic heterocycles. The van der Waals surface area contributed by atoms with Crippen molar-refractivity contribution in [1.82, 2.24) is 20.0 Å². The van der Waals surface area contributed by atoms with Gasteiger partial charge in [0.25, 0.3) is 0 Å². The van der Waals surface area contributed by atoms with Gasteiger partial charge in [0.1, 0.15) is 0 Å². The molecule has 1 rings (SSSR count). The van der Waals surface area contributed by atoms with Gasteiger partial charge in [-0.1, -0.05) is 0 Å². The van der Waals surface area contributed by atoms with Gasteiger partial charge in [0, 0.05) is 26.2 Å². The summed E-state index contributed by atoms with van der Waals surface area (Å²) in [6, 6.07) is 2.62. The van der Waals surface area contributed by atoms with Crippen LogP contribution in [-0.2, 0) is 13.6 Å². The molecule has 0 aliphatic rings. The monoisotopic (exact) mass is 210 g/mol. The lowest BCUT2D eigenvalue weighted by Crippen LogP contribution is -2.35. The molecule has 15 heavy (non-hydrogen) atoms. The van der Waals surface area contributed by atoms with Crippen LogP contribution in [0.4, 0.5) is 0 Å². The molecular weight excluding hydrogens is 188 g/mol. The molecule has 1 unspecified atom stereocenters. The summed E-state index contributed by atoms with van der Waals surface area (Å²) in [6.45, 7) is 6.15. The van der Waals surface area contributed by atoms with Gasteiger partial charge in [-0.05, 0) is 34.0 Å². The van der Waals surface area contributed by atoms with Crippen molar-refractivity contribution in [3.8, 4) is 0 Å². The van der Waals surface area contributed by atoms with Crippen molar-refractivity contribution in [3.63, 3.8) is 0 Å². The molecule has 1 heterocycles. The smallest absolute Gasteiger partial charge is 0.0597 e. The summed E-state index contributed by atoms with van der Waals surface area (Å²) in [4.78, 5) is 2.19. The maximum Gasteiger partial charge on any atom is 0.0597 e. The summed E-state index contributed by atoms with van der Waals surface area (Å²) < 4.78 is 1.94. The second kappa shape index (κ2) is 5.28. The average molecular weight is 210 g/mol. The summed E-state index contributed by atoms with van der Waals surface area (Å²) in [6.07, 6.45) is 0. The number of nitrogens with zero attached hydrogens (tertiary/aromatic N) is 3. The minimum absolute atomic E-state index is 0.496. The van der Waals surface area contributed by atoms with Crippen LogP contribution in [0, 0.1) is 6.92 Å². The van der Waals surface area contributed by atoms with Gasteiger partial charge in [-0.15, -0.1) is 0 Å². The minimum Gasteiger partial charge on any atom is -0.308 e. The van der Waals surface area contributed by atoms with Crippen molar-refractivity contribution in [2.45, 2.75) is 26.4 Å². The van der Waals surface area contributed by atoms with Gasteiger partial charge in [0.05, 0.1) is 11.4 Å². The van der Waals surface area contributed by atoms with Crippen LogP contribution >= 0.6 is 0 Å². The molecule has 1 aromatic rings. The Bertz CT molecular complexity index is 304. The van der Waals surface area contributed by atoms with Gasteiger partial charge < -0.3 is 10.2 Å². The van der Waals surface area contributed by atoms with Gasteiger partial charge in [-0.3, -0.25) is 4.68 Å². The lowest BCUT2D eigenvalue weighted by atomic mass is 10.3. The molecule has 4 heteroatoms. The van der Waals surface area contributed by atoms with Crippen LogP contribution in [0.3, 0.4) is 0 Å². The topological polar surface area (TPSA) is 33.1 Å². The first-order valence-electron chi connectivity index (χ1n) is 5.36. The SMILES string of the molecule is Cc1cc(CNC(C)CN(C)C)n(C)n1. The van der Waals surface area contributed by atoms with E-state index in [-0.39, 0.29) is 0 Å². The Labute approximate surface area is 92.3 Å². The van der Waals surface area contributed by atoms with E-state index < -0.39 is 0 Å². The van der Waals surface area contributed by atoms with Crippen LogP contribution < -0.4 is 5.32 Å². The van der Waals surface area contributed by atoms with Crippen LogP contribution in [0.1, 0.15) is 18.3 Å². The van der Waals surface area contributed by atoms with Crippen LogP contribution in [-0.4, -0.2) is 41.4 Å². The maximum absolute atomic E-state index is 4.32. The molecule has 0 amide bonds. The zero-order valence-corrected chi connectivity index (χ0v) is 10.4. The van der Waals surface area contributed by atoms with E-state index >= 15 is 0 Å². The molecule has 1 N–H and O–H groups in total. The van der Waals surface area contributed by atoms with Gasteiger partial charge in [0.2, 0.25) is 0 Å². The van der Waals surface area contributed by atoms with Crippen molar-refractivity contribution < 1.29 is 0 Å². The molecule has 0 saturated carbocycles. The molecular formula is C11H22N4. The average Bonchev–Trinajstić information content (AvgIpc) is 2.40. The molecule has 4 nitrogen and oxygen atoms in total. The van der Waals surface area contributed by atoms with Crippen molar-refractivity contribution in [2.24, 2.45) is 7.05 Å². The summed E-state index contributed by atoms with van der Waals surface area (Å²) in [7, 11) is 6.17. The largest absolute Gasteiger partial charge is 0.308 e. The van der Waals surface area contributed by atoms with Gasteiger partial charge in [0.15, 0.2) is 0 Å². The minimum atomic E-state index is 0.496. The summed E-state index contributed by atoms with van der Waals surface area (Å²) in [5.74, 6) is 0. The molecule has 0 radical (unpaired) electrons. The third-order valence-corrected chi connectivity index (χ3v) is 2.37. The zero-order valence-electron chi connectivity index (χ0n) is 10.4. The van der Waals surface area contributed by atoms with Gasteiger partial charge in [-0.25, -0.2) is 0 Å². The highest BCUT2D eigenvalue weighted by molar-refractivity contribution is 5.08. The van der Waals surface area contributed by atoms with E-state index in [1.165, 1.54) is 5.69 Å². The van der Waals surface area contributed by atoms with Crippen LogP contribution in [0.15, 0.2) is 6.07 Å². The van der Waals surface area contributed by atoms with Crippen LogP contribution in [0.2, 0.25) is 0 Å². The molecule has 0 aliphatic heterocycles.